The van der Waals surface area contributed by atoms with Crippen molar-refractivity contribution >= 4 is 46.0 Å². The van der Waals surface area contributed by atoms with Gasteiger partial charge >= 0.3 is 7.12 Å². The second kappa shape index (κ2) is 7.06. The fourth-order valence-electron chi connectivity index (χ4n) is 4.15. The van der Waals surface area contributed by atoms with Crippen molar-refractivity contribution in [1.82, 2.24) is 4.57 Å². The Hall–Kier alpha value is -2.99. The van der Waals surface area contributed by atoms with Gasteiger partial charge in [0.05, 0.1) is 12.1 Å². The van der Waals surface area contributed by atoms with E-state index in [1.807, 2.05) is 12.1 Å². The van der Waals surface area contributed by atoms with Crippen LogP contribution in [0.25, 0.3) is 27.4 Å². The SMILES string of the molecule is OB1OCc2ccc(-n3cc(Sc4ccc5ccccc5c4)c4ccccc43)cc21. The van der Waals surface area contributed by atoms with Gasteiger partial charge in [-0.05, 0) is 52.1 Å². The molecule has 0 saturated carbocycles. The van der Waals surface area contributed by atoms with Crippen LogP contribution in [0.2, 0.25) is 0 Å². The Kier molecular flexibility index (Phi) is 4.20. The molecule has 0 radical (unpaired) electrons. The Morgan fingerprint density at radius 3 is 2.63 bits per heavy atom. The minimum Gasteiger partial charge on any atom is -0.423 e. The van der Waals surface area contributed by atoms with Crippen molar-refractivity contribution in [3.8, 4) is 5.69 Å². The number of hydrogen-bond acceptors (Lipinski definition) is 3. The van der Waals surface area contributed by atoms with Crippen LogP contribution in [0.5, 0.6) is 0 Å². The summed E-state index contributed by atoms with van der Waals surface area (Å²) in [4.78, 5) is 2.42. The van der Waals surface area contributed by atoms with E-state index in [4.69, 9.17) is 4.65 Å². The Labute approximate surface area is 179 Å². The van der Waals surface area contributed by atoms with E-state index < -0.39 is 7.12 Å². The van der Waals surface area contributed by atoms with Crippen molar-refractivity contribution in [2.24, 2.45) is 0 Å². The molecule has 0 unspecified atom stereocenters. The van der Waals surface area contributed by atoms with E-state index in [1.165, 1.54) is 25.9 Å². The number of para-hydroxylation sites is 1. The zero-order valence-corrected chi connectivity index (χ0v) is 17.0. The first-order chi connectivity index (χ1) is 14.8. The predicted octanol–water partition coefficient (Wildman–Crippen LogP) is 5.15. The minimum atomic E-state index is -0.840. The molecule has 5 heteroatoms. The van der Waals surface area contributed by atoms with Crippen molar-refractivity contribution in [1.29, 1.82) is 0 Å². The summed E-state index contributed by atoms with van der Waals surface area (Å²) >= 11 is 1.78. The molecule has 0 fully saturated rings. The molecular formula is C25H18BNO2S. The summed E-state index contributed by atoms with van der Waals surface area (Å²) < 4.78 is 7.56. The largest absolute Gasteiger partial charge is 0.491 e. The van der Waals surface area contributed by atoms with Gasteiger partial charge in [0.1, 0.15) is 0 Å². The van der Waals surface area contributed by atoms with E-state index >= 15 is 0 Å². The molecule has 3 nitrogen and oxygen atoms in total. The molecule has 144 valence electrons. The van der Waals surface area contributed by atoms with Crippen LogP contribution < -0.4 is 5.46 Å². The maximum atomic E-state index is 10.1. The van der Waals surface area contributed by atoms with Crippen LogP contribution in [0.3, 0.4) is 0 Å². The summed E-state index contributed by atoms with van der Waals surface area (Å²) in [5.74, 6) is 0. The van der Waals surface area contributed by atoms with E-state index in [2.05, 4.69) is 83.6 Å². The highest BCUT2D eigenvalue weighted by Crippen LogP contribution is 2.37. The van der Waals surface area contributed by atoms with E-state index in [1.54, 1.807) is 11.8 Å². The molecule has 1 N–H and O–H groups in total. The lowest BCUT2D eigenvalue weighted by molar-refractivity contribution is 0.275. The predicted molar refractivity (Wildman–Crippen MR) is 124 cm³/mol. The Bertz CT molecular complexity index is 1410. The van der Waals surface area contributed by atoms with Crippen LogP contribution >= 0.6 is 11.8 Å². The third-order valence-electron chi connectivity index (χ3n) is 5.69. The van der Waals surface area contributed by atoms with Crippen molar-refractivity contribution in [3.05, 3.63) is 96.7 Å². The number of rotatable bonds is 3. The first-order valence-electron chi connectivity index (χ1n) is 9.96. The number of nitrogens with zero attached hydrogens (tertiary/aromatic N) is 1. The molecule has 0 amide bonds. The lowest BCUT2D eigenvalue weighted by atomic mass is 9.79. The lowest BCUT2D eigenvalue weighted by Gasteiger charge is -2.07. The highest BCUT2D eigenvalue weighted by molar-refractivity contribution is 7.99. The normalized spacial score (nSPS) is 13.3. The summed E-state index contributed by atoms with van der Waals surface area (Å²) in [6.45, 7) is 0.465. The Balaban J connectivity index is 1.45. The van der Waals surface area contributed by atoms with Gasteiger partial charge in [0.15, 0.2) is 0 Å². The molecule has 0 spiro atoms. The lowest BCUT2D eigenvalue weighted by Crippen LogP contribution is -2.28. The highest BCUT2D eigenvalue weighted by Gasteiger charge is 2.27. The minimum absolute atomic E-state index is 0.465. The summed E-state index contributed by atoms with van der Waals surface area (Å²) in [6, 6.07) is 29.7. The molecule has 0 aliphatic carbocycles. The van der Waals surface area contributed by atoms with E-state index in [-0.39, 0.29) is 0 Å². The smallest absolute Gasteiger partial charge is 0.423 e. The number of benzene rings is 4. The summed E-state index contributed by atoms with van der Waals surface area (Å²) in [5.41, 5.74) is 4.08. The number of hydrogen-bond donors (Lipinski definition) is 1. The first-order valence-corrected chi connectivity index (χ1v) is 10.8. The Morgan fingerprint density at radius 1 is 0.867 bits per heavy atom. The van der Waals surface area contributed by atoms with Crippen LogP contribution in [0.4, 0.5) is 0 Å². The topological polar surface area (TPSA) is 34.4 Å². The van der Waals surface area contributed by atoms with Gasteiger partial charge in [0.2, 0.25) is 0 Å². The van der Waals surface area contributed by atoms with Crippen LogP contribution in [0, 0.1) is 0 Å². The molecule has 30 heavy (non-hydrogen) atoms. The molecule has 1 aromatic heterocycles. The number of fused-ring (bicyclic) bond motifs is 3. The molecule has 4 aromatic carbocycles. The van der Waals surface area contributed by atoms with Gasteiger partial charge in [-0.3, -0.25) is 0 Å². The maximum Gasteiger partial charge on any atom is 0.491 e. The van der Waals surface area contributed by atoms with Crippen molar-refractivity contribution in [2.75, 3.05) is 0 Å². The fourth-order valence-corrected chi connectivity index (χ4v) is 5.17. The fraction of sp³-hybridized carbons (Fsp3) is 0.0400. The van der Waals surface area contributed by atoms with Gasteiger partial charge < -0.3 is 14.2 Å². The molecule has 5 aromatic rings. The quantitative estimate of drug-likeness (QED) is 0.420. The van der Waals surface area contributed by atoms with E-state index in [0.29, 0.717) is 6.61 Å². The van der Waals surface area contributed by atoms with E-state index in [9.17, 15) is 5.02 Å². The van der Waals surface area contributed by atoms with Crippen molar-refractivity contribution in [2.45, 2.75) is 16.4 Å². The Morgan fingerprint density at radius 2 is 1.70 bits per heavy atom. The third kappa shape index (κ3) is 2.94. The van der Waals surface area contributed by atoms with Crippen LogP contribution in [0.15, 0.2) is 101 Å². The van der Waals surface area contributed by atoms with E-state index in [0.717, 1.165) is 22.2 Å². The first kappa shape index (κ1) is 17.8. The molecule has 0 saturated heterocycles. The summed E-state index contributed by atoms with van der Waals surface area (Å²) in [6.07, 6.45) is 2.19. The van der Waals surface area contributed by atoms with Crippen LogP contribution in [0.1, 0.15) is 5.56 Å². The number of aromatic nitrogens is 1. The average molecular weight is 407 g/mol. The highest BCUT2D eigenvalue weighted by atomic mass is 32.2. The standard InChI is InChI=1S/C25H18BNO2S/c28-26-23-14-20(11-9-19(23)16-29-26)27-15-25(22-7-3-4-8-24(22)27)30-21-12-10-17-5-1-2-6-18(17)13-21/h1-15,28H,16H2. The summed E-state index contributed by atoms with van der Waals surface area (Å²) in [7, 11) is -0.840. The van der Waals surface area contributed by atoms with Crippen molar-refractivity contribution in [3.63, 3.8) is 0 Å². The summed E-state index contributed by atoms with van der Waals surface area (Å²) in [5, 5.41) is 13.8. The molecule has 1 aliphatic heterocycles. The zero-order chi connectivity index (χ0) is 20.1. The molecule has 0 bridgehead atoms. The van der Waals surface area contributed by atoms with Crippen LogP contribution in [-0.2, 0) is 11.3 Å². The molecule has 2 heterocycles. The van der Waals surface area contributed by atoms with Crippen LogP contribution in [-0.4, -0.2) is 16.7 Å². The average Bonchev–Trinajstić information content (AvgIpc) is 3.34. The van der Waals surface area contributed by atoms with Crippen molar-refractivity contribution < 1.29 is 9.68 Å². The molecular weight excluding hydrogens is 389 g/mol. The zero-order valence-electron chi connectivity index (χ0n) is 16.2. The molecule has 1 aliphatic rings. The second-order valence-electron chi connectivity index (χ2n) is 7.54. The maximum absolute atomic E-state index is 10.1. The monoisotopic (exact) mass is 407 g/mol. The van der Waals surface area contributed by atoms with Gasteiger partial charge in [-0.15, -0.1) is 0 Å². The second-order valence-corrected chi connectivity index (χ2v) is 8.65. The van der Waals surface area contributed by atoms with Gasteiger partial charge in [-0.25, -0.2) is 0 Å². The van der Waals surface area contributed by atoms with Gasteiger partial charge in [0.25, 0.3) is 0 Å². The molecule has 0 atom stereocenters. The van der Waals surface area contributed by atoms with Gasteiger partial charge in [0, 0.05) is 27.1 Å². The molecule has 6 rings (SSSR count). The van der Waals surface area contributed by atoms with Gasteiger partial charge in [-0.1, -0.05) is 66.4 Å². The van der Waals surface area contributed by atoms with Gasteiger partial charge in [-0.2, -0.15) is 0 Å². The third-order valence-corrected chi connectivity index (χ3v) is 6.73.